The summed E-state index contributed by atoms with van der Waals surface area (Å²) in [7, 11) is 0. The van der Waals surface area contributed by atoms with Gasteiger partial charge in [-0.25, -0.2) is 0 Å². The lowest BCUT2D eigenvalue weighted by molar-refractivity contribution is 0.0860. The van der Waals surface area contributed by atoms with Gasteiger partial charge in [-0.2, -0.15) is 5.26 Å². The molecule has 1 N–H and O–H groups in total. The van der Waals surface area contributed by atoms with Crippen LogP contribution in [0.5, 0.6) is 0 Å². The molecule has 3 heteroatoms. The van der Waals surface area contributed by atoms with Gasteiger partial charge in [0.25, 0.3) is 0 Å². The standard InChI is InChI=1S/C15H12ClNO/c16-14-8-6-13(7-9-14)15(18,10-11-17)12-4-2-1-3-5-12/h1-9,18H,10H2. The molecule has 2 aromatic rings. The highest BCUT2D eigenvalue weighted by molar-refractivity contribution is 6.30. The number of aliphatic hydroxyl groups is 1. The third-order valence-corrected chi connectivity index (χ3v) is 3.16. The zero-order chi connectivity index (χ0) is 13.0. The first-order valence-corrected chi connectivity index (χ1v) is 5.95. The summed E-state index contributed by atoms with van der Waals surface area (Å²) in [5.41, 5.74) is 0.0779. The lowest BCUT2D eigenvalue weighted by atomic mass is 9.84. The molecule has 1 atom stereocenters. The Morgan fingerprint density at radius 2 is 1.56 bits per heavy atom. The average molecular weight is 258 g/mol. The number of rotatable bonds is 3. The summed E-state index contributed by atoms with van der Waals surface area (Å²) in [4.78, 5) is 0. The van der Waals surface area contributed by atoms with E-state index in [0.717, 1.165) is 0 Å². The van der Waals surface area contributed by atoms with Gasteiger partial charge in [0.2, 0.25) is 0 Å². The maximum Gasteiger partial charge on any atom is 0.128 e. The van der Waals surface area contributed by atoms with Crippen molar-refractivity contribution in [2.45, 2.75) is 12.0 Å². The minimum absolute atomic E-state index is 0.00134. The third kappa shape index (κ3) is 2.38. The predicted molar refractivity (Wildman–Crippen MR) is 71.1 cm³/mol. The molecular formula is C15H12ClNO. The minimum Gasteiger partial charge on any atom is -0.379 e. The SMILES string of the molecule is N#CCC(O)(c1ccccc1)c1ccc(Cl)cc1. The maximum atomic E-state index is 10.8. The maximum absolute atomic E-state index is 10.8. The smallest absolute Gasteiger partial charge is 0.128 e. The van der Waals surface area contributed by atoms with Crippen molar-refractivity contribution in [3.63, 3.8) is 0 Å². The van der Waals surface area contributed by atoms with E-state index in [2.05, 4.69) is 0 Å². The summed E-state index contributed by atoms with van der Waals surface area (Å²) in [6, 6.07) is 18.1. The van der Waals surface area contributed by atoms with Gasteiger partial charge >= 0.3 is 0 Å². The highest BCUT2D eigenvalue weighted by Gasteiger charge is 2.31. The van der Waals surface area contributed by atoms with Crippen LogP contribution in [0.25, 0.3) is 0 Å². The molecular weight excluding hydrogens is 246 g/mol. The van der Waals surface area contributed by atoms with E-state index >= 15 is 0 Å². The highest BCUT2D eigenvalue weighted by atomic mass is 35.5. The van der Waals surface area contributed by atoms with Gasteiger partial charge in [-0.1, -0.05) is 54.1 Å². The van der Waals surface area contributed by atoms with E-state index < -0.39 is 5.60 Å². The Kier molecular flexibility index (Phi) is 3.66. The van der Waals surface area contributed by atoms with Crippen molar-refractivity contribution < 1.29 is 5.11 Å². The molecule has 0 aromatic heterocycles. The number of benzene rings is 2. The predicted octanol–water partition coefficient (Wildman–Crippen LogP) is 3.49. The summed E-state index contributed by atoms with van der Waals surface area (Å²) in [6.45, 7) is 0. The first-order chi connectivity index (χ1) is 8.66. The van der Waals surface area contributed by atoms with Gasteiger partial charge in [-0.3, -0.25) is 0 Å². The number of halogens is 1. The summed E-state index contributed by atoms with van der Waals surface area (Å²) in [5.74, 6) is 0. The average Bonchev–Trinajstić information content (AvgIpc) is 2.40. The Bertz CT molecular complexity index is 559. The van der Waals surface area contributed by atoms with Crippen LogP contribution in [0, 0.1) is 11.3 Å². The van der Waals surface area contributed by atoms with Crippen LogP contribution in [0.2, 0.25) is 5.02 Å². The molecule has 1 unspecified atom stereocenters. The zero-order valence-corrected chi connectivity index (χ0v) is 10.4. The topological polar surface area (TPSA) is 44.0 Å². The molecule has 0 aliphatic rings. The Hall–Kier alpha value is -1.82. The van der Waals surface area contributed by atoms with Gasteiger partial charge < -0.3 is 5.11 Å². The molecule has 0 saturated carbocycles. The van der Waals surface area contributed by atoms with Crippen LogP contribution in [-0.2, 0) is 5.60 Å². The van der Waals surface area contributed by atoms with Crippen molar-refractivity contribution in [1.82, 2.24) is 0 Å². The molecule has 0 amide bonds. The van der Waals surface area contributed by atoms with Gasteiger partial charge in [-0.05, 0) is 23.3 Å². The first-order valence-electron chi connectivity index (χ1n) is 5.58. The Labute approximate surface area is 111 Å². The summed E-state index contributed by atoms with van der Waals surface area (Å²) >= 11 is 5.84. The molecule has 0 spiro atoms. The highest BCUT2D eigenvalue weighted by Crippen LogP contribution is 2.33. The number of hydrogen-bond donors (Lipinski definition) is 1. The van der Waals surface area contributed by atoms with E-state index in [4.69, 9.17) is 16.9 Å². The molecule has 2 aromatic carbocycles. The van der Waals surface area contributed by atoms with Crippen LogP contribution in [0.3, 0.4) is 0 Å². The second kappa shape index (κ2) is 5.22. The van der Waals surface area contributed by atoms with E-state index in [1.165, 1.54) is 0 Å². The van der Waals surface area contributed by atoms with E-state index in [1.54, 1.807) is 24.3 Å². The molecule has 18 heavy (non-hydrogen) atoms. The molecule has 0 radical (unpaired) electrons. The minimum atomic E-state index is -1.29. The second-order valence-corrected chi connectivity index (χ2v) is 4.50. The van der Waals surface area contributed by atoms with Crippen LogP contribution in [0.4, 0.5) is 0 Å². The largest absolute Gasteiger partial charge is 0.379 e. The van der Waals surface area contributed by atoms with E-state index in [0.29, 0.717) is 16.1 Å². The van der Waals surface area contributed by atoms with Crippen molar-refractivity contribution in [3.8, 4) is 6.07 Å². The number of nitriles is 1. The quantitative estimate of drug-likeness (QED) is 0.915. The van der Waals surface area contributed by atoms with E-state index in [1.807, 2.05) is 36.4 Å². The summed E-state index contributed by atoms with van der Waals surface area (Å²) in [5, 5.41) is 20.3. The zero-order valence-electron chi connectivity index (χ0n) is 9.68. The molecule has 0 aliphatic heterocycles. The molecule has 90 valence electrons. The van der Waals surface area contributed by atoms with Gasteiger partial charge in [0.05, 0.1) is 12.5 Å². The van der Waals surface area contributed by atoms with Gasteiger partial charge in [0, 0.05) is 5.02 Å². The van der Waals surface area contributed by atoms with Gasteiger partial charge in [0.1, 0.15) is 5.60 Å². The fourth-order valence-electron chi connectivity index (χ4n) is 1.92. The van der Waals surface area contributed by atoms with Gasteiger partial charge in [-0.15, -0.1) is 0 Å². The molecule has 0 bridgehead atoms. The van der Waals surface area contributed by atoms with Gasteiger partial charge in [0.15, 0.2) is 0 Å². The fraction of sp³-hybridized carbons (Fsp3) is 0.133. The van der Waals surface area contributed by atoms with Crippen LogP contribution in [-0.4, -0.2) is 5.11 Å². The molecule has 0 heterocycles. The summed E-state index contributed by atoms with van der Waals surface area (Å²) < 4.78 is 0. The fourth-order valence-corrected chi connectivity index (χ4v) is 2.05. The summed E-state index contributed by atoms with van der Waals surface area (Å²) in [6.07, 6.45) is -0.00134. The Morgan fingerprint density at radius 1 is 1.00 bits per heavy atom. The van der Waals surface area contributed by atoms with Crippen LogP contribution < -0.4 is 0 Å². The molecule has 0 aliphatic carbocycles. The Morgan fingerprint density at radius 3 is 2.11 bits per heavy atom. The van der Waals surface area contributed by atoms with Crippen molar-refractivity contribution in [2.24, 2.45) is 0 Å². The van der Waals surface area contributed by atoms with Crippen molar-refractivity contribution in [3.05, 3.63) is 70.7 Å². The monoisotopic (exact) mass is 257 g/mol. The van der Waals surface area contributed by atoms with Crippen LogP contribution in [0.1, 0.15) is 17.5 Å². The van der Waals surface area contributed by atoms with Crippen molar-refractivity contribution >= 4 is 11.6 Å². The molecule has 0 fully saturated rings. The first kappa shape index (κ1) is 12.6. The van der Waals surface area contributed by atoms with Crippen LogP contribution >= 0.6 is 11.6 Å². The van der Waals surface area contributed by atoms with Crippen molar-refractivity contribution in [2.75, 3.05) is 0 Å². The lowest BCUT2D eigenvalue weighted by Gasteiger charge is -2.26. The second-order valence-electron chi connectivity index (χ2n) is 4.07. The molecule has 0 saturated heterocycles. The number of nitrogens with zero attached hydrogens (tertiary/aromatic N) is 1. The van der Waals surface area contributed by atoms with Crippen molar-refractivity contribution in [1.29, 1.82) is 5.26 Å². The number of hydrogen-bond acceptors (Lipinski definition) is 2. The molecule has 2 rings (SSSR count). The van der Waals surface area contributed by atoms with E-state index in [9.17, 15) is 5.11 Å². The normalized spacial score (nSPS) is 13.6. The molecule has 2 nitrogen and oxygen atoms in total. The van der Waals surface area contributed by atoms with E-state index in [-0.39, 0.29) is 6.42 Å². The third-order valence-electron chi connectivity index (χ3n) is 2.91. The van der Waals surface area contributed by atoms with Crippen LogP contribution in [0.15, 0.2) is 54.6 Å². The lowest BCUT2D eigenvalue weighted by Crippen LogP contribution is -2.26. The Balaban J connectivity index is 2.51.